The van der Waals surface area contributed by atoms with Gasteiger partial charge in [-0.05, 0) is 32.6 Å². The van der Waals surface area contributed by atoms with E-state index in [0.717, 1.165) is 25.1 Å². The highest BCUT2D eigenvalue weighted by Crippen LogP contribution is 2.28. The molecule has 3 rings (SSSR count). The fraction of sp³-hybridized carbons (Fsp3) is 0.667. The number of rotatable bonds is 4. The van der Waals surface area contributed by atoms with Crippen molar-refractivity contribution in [1.82, 2.24) is 28.9 Å². The van der Waals surface area contributed by atoms with Gasteiger partial charge in [0.25, 0.3) is 0 Å². The zero-order valence-electron chi connectivity index (χ0n) is 14.6. The Morgan fingerprint density at radius 1 is 1.21 bits per heavy atom. The molecule has 24 heavy (non-hydrogen) atoms. The summed E-state index contributed by atoms with van der Waals surface area (Å²) in [5.74, 6) is 1.39. The Morgan fingerprint density at radius 2 is 1.88 bits per heavy atom. The van der Waals surface area contributed by atoms with E-state index in [9.17, 15) is 8.42 Å². The van der Waals surface area contributed by atoms with Crippen molar-refractivity contribution in [3.05, 3.63) is 23.5 Å². The molecule has 9 heteroatoms. The Hall–Kier alpha value is -1.74. The molecule has 0 aromatic carbocycles. The first-order valence-corrected chi connectivity index (χ1v) is 9.58. The van der Waals surface area contributed by atoms with Crippen LogP contribution in [0, 0.1) is 19.8 Å². The Bertz CT molecular complexity index is 830. The Morgan fingerprint density at radius 3 is 2.38 bits per heavy atom. The normalized spacial score (nSPS) is 17.5. The van der Waals surface area contributed by atoms with Gasteiger partial charge in [-0.25, -0.2) is 8.42 Å². The van der Waals surface area contributed by atoms with Gasteiger partial charge >= 0.3 is 0 Å². The number of aromatic nitrogens is 5. The monoisotopic (exact) mass is 352 g/mol. The van der Waals surface area contributed by atoms with Crippen LogP contribution in [0.2, 0.25) is 0 Å². The Balaban J connectivity index is 1.71. The third kappa shape index (κ3) is 2.98. The largest absolute Gasteiger partial charge is 0.321 e. The second kappa shape index (κ2) is 6.29. The average Bonchev–Trinajstić information content (AvgIpc) is 3.03. The minimum Gasteiger partial charge on any atom is -0.321 e. The number of hydrogen-bond donors (Lipinski definition) is 0. The molecule has 0 amide bonds. The number of sulfonamides is 1. The fourth-order valence-electron chi connectivity index (χ4n) is 3.36. The molecule has 8 nitrogen and oxygen atoms in total. The first-order valence-electron chi connectivity index (χ1n) is 8.14. The zero-order valence-corrected chi connectivity index (χ0v) is 15.4. The number of hydrogen-bond acceptors (Lipinski definition) is 5. The second-order valence-corrected chi connectivity index (χ2v) is 8.41. The molecule has 1 fully saturated rings. The molecule has 1 aliphatic heterocycles. The molecule has 0 radical (unpaired) electrons. The zero-order chi connectivity index (χ0) is 17.5. The minimum absolute atomic E-state index is 0.358. The van der Waals surface area contributed by atoms with Gasteiger partial charge in [0.15, 0.2) is 0 Å². The lowest BCUT2D eigenvalue weighted by Crippen LogP contribution is -2.39. The van der Waals surface area contributed by atoms with Crippen molar-refractivity contribution in [3.8, 4) is 0 Å². The lowest BCUT2D eigenvalue weighted by atomic mass is 9.94. The maximum Gasteiger partial charge on any atom is 0.246 e. The molecule has 1 aliphatic rings. The number of nitrogens with zero attached hydrogens (tertiary/aromatic N) is 6. The van der Waals surface area contributed by atoms with Gasteiger partial charge in [-0.1, -0.05) is 0 Å². The molecule has 132 valence electrons. The van der Waals surface area contributed by atoms with E-state index in [4.69, 9.17) is 0 Å². The Kier molecular flexibility index (Phi) is 4.48. The van der Waals surface area contributed by atoms with Gasteiger partial charge in [-0.15, -0.1) is 10.2 Å². The van der Waals surface area contributed by atoms with E-state index >= 15 is 0 Å². The van der Waals surface area contributed by atoms with Crippen LogP contribution in [0.15, 0.2) is 11.2 Å². The molecule has 0 atom stereocenters. The first kappa shape index (κ1) is 17.1. The summed E-state index contributed by atoms with van der Waals surface area (Å²) in [5.41, 5.74) is 1.25. The molecule has 0 saturated carbocycles. The van der Waals surface area contributed by atoms with Crippen LogP contribution < -0.4 is 0 Å². The van der Waals surface area contributed by atoms with Crippen LogP contribution in [0.5, 0.6) is 0 Å². The summed E-state index contributed by atoms with van der Waals surface area (Å²) in [5, 5.41) is 12.3. The standard InChI is InChI=1S/C15H24N6O2S/c1-11-15(12(2)20(4)18-11)24(22,23)21-7-5-13(6-8-21)9-14-17-16-10-19(14)3/h10,13H,5-9H2,1-4H3. The first-order chi connectivity index (χ1) is 11.3. The van der Waals surface area contributed by atoms with Gasteiger partial charge in [0.1, 0.15) is 17.0 Å². The molecule has 3 heterocycles. The summed E-state index contributed by atoms with van der Waals surface area (Å²) in [4.78, 5) is 0.358. The molecule has 1 saturated heterocycles. The van der Waals surface area contributed by atoms with E-state index < -0.39 is 10.0 Å². The van der Waals surface area contributed by atoms with Crippen molar-refractivity contribution in [3.63, 3.8) is 0 Å². The van der Waals surface area contributed by atoms with Crippen molar-refractivity contribution in [1.29, 1.82) is 0 Å². The second-order valence-electron chi connectivity index (χ2n) is 6.53. The summed E-state index contributed by atoms with van der Waals surface area (Å²) in [7, 11) is 0.226. The molecule has 0 N–H and O–H groups in total. The maximum atomic E-state index is 13.0. The number of aryl methyl sites for hydroxylation is 3. The highest BCUT2D eigenvalue weighted by Gasteiger charge is 2.33. The van der Waals surface area contributed by atoms with Crippen LogP contribution in [-0.2, 0) is 30.5 Å². The van der Waals surface area contributed by atoms with Gasteiger partial charge < -0.3 is 4.57 Å². The van der Waals surface area contributed by atoms with Gasteiger partial charge in [0.2, 0.25) is 10.0 Å². The van der Waals surface area contributed by atoms with Crippen LogP contribution in [0.3, 0.4) is 0 Å². The molecule has 0 bridgehead atoms. The van der Waals surface area contributed by atoms with Crippen molar-refractivity contribution in [2.75, 3.05) is 13.1 Å². The molecular formula is C15H24N6O2S. The van der Waals surface area contributed by atoms with Gasteiger partial charge in [-0.2, -0.15) is 9.40 Å². The van der Waals surface area contributed by atoms with Crippen LogP contribution in [0.1, 0.15) is 30.1 Å². The lowest BCUT2D eigenvalue weighted by Gasteiger charge is -2.31. The van der Waals surface area contributed by atoms with Crippen molar-refractivity contribution in [2.24, 2.45) is 20.0 Å². The van der Waals surface area contributed by atoms with Crippen molar-refractivity contribution in [2.45, 2.75) is 38.0 Å². The highest BCUT2D eigenvalue weighted by molar-refractivity contribution is 7.89. The van der Waals surface area contributed by atoms with Gasteiger partial charge in [0, 0.05) is 33.6 Å². The molecule has 2 aromatic rings. The lowest BCUT2D eigenvalue weighted by molar-refractivity contribution is 0.269. The van der Waals surface area contributed by atoms with Gasteiger partial charge in [-0.3, -0.25) is 4.68 Å². The summed E-state index contributed by atoms with van der Waals surface area (Å²) < 4.78 is 31.1. The van der Waals surface area contributed by atoms with E-state index in [0.29, 0.717) is 35.3 Å². The third-order valence-electron chi connectivity index (χ3n) is 4.89. The summed E-state index contributed by atoms with van der Waals surface area (Å²) in [6, 6.07) is 0. The van der Waals surface area contributed by atoms with Gasteiger partial charge in [0.05, 0.1) is 11.4 Å². The molecule has 0 spiro atoms. The van der Waals surface area contributed by atoms with Crippen molar-refractivity contribution < 1.29 is 8.42 Å². The van der Waals surface area contributed by atoms with E-state index in [2.05, 4.69) is 15.3 Å². The van der Waals surface area contributed by atoms with Crippen LogP contribution >= 0.6 is 0 Å². The average molecular weight is 352 g/mol. The maximum absolute atomic E-state index is 13.0. The highest BCUT2D eigenvalue weighted by atomic mass is 32.2. The summed E-state index contributed by atoms with van der Waals surface area (Å²) >= 11 is 0. The number of piperidine rings is 1. The predicted octanol–water partition coefficient (Wildman–Crippen LogP) is 0.809. The van der Waals surface area contributed by atoms with Crippen molar-refractivity contribution >= 4 is 10.0 Å². The third-order valence-corrected chi connectivity index (χ3v) is 7.04. The van der Waals surface area contributed by atoms with Crippen LogP contribution in [0.4, 0.5) is 0 Å². The van der Waals surface area contributed by atoms with E-state index in [1.165, 1.54) is 0 Å². The molecular weight excluding hydrogens is 328 g/mol. The summed E-state index contributed by atoms with van der Waals surface area (Å²) in [6.45, 7) is 4.63. The predicted molar refractivity (Wildman–Crippen MR) is 88.9 cm³/mol. The molecule has 0 unspecified atom stereocenters. The molecule has 0 aliphatic carbocycles. The van der Waals surface area contributed by atoms with Crippen LogP contribution in [-0.4, -0.2) is 50.4 Å². The molecule has 2 aromatic heterocycles. The smallest absolute Gasteiger partial charge is 0.246 e. The SMILES string of the molecule is Cc1nn(C)c(C)c1S(=O)(=O)N1CCC(Cc2nncn2C)CC1. The quantitative estimate of drug-likeness (QED) is 0.813. The minimum atomic E-state index is -3.48. The Labute approximate surface area is 142 Å². The van der Waals surface area contributed by atoms with Crippen LogP contribution in [0.25, 0.3) is 0 Å². The summed E-state index contributed by atoms with van der Waals surface area (Å²) in [6.07, 6.45) is 4.22. The van der Waals surface area contributed by atoms with E-state index in [-0.39, 0.29) is 0 Å². The van der Waals surface area contributed by atoms with E-state index in [1.54, 1.807) is 36.2 Å². The van der Waals surface area contributed by atoms with E-state index in [1.807, 2.05) is 11.6 Å². The topological polar surface area (TPSA) is 85.9 Å². The fourth-order valence-corrected chi connectivity index (χ4v) is 5.23.